The number of aryl methyl sites for hydroxylation is 1. The van der Waals surface area contributed by atoms with E-state index in [1.807, 2.05) is 12.1 Å². The summed E-state index contributed by atoms with van der Waals surface area (Å²) >= 11 is 0. The summed E-state index contributed by atoms with van der Waals surface area (Å²) < 4.78 is 41.6. The Kier molecular flexibility index (Phi) is 3.64. The lowest BCUT2D eigenvalue weighted by atomic mass is 9.88. The highest BCUT2D eigenvalue weighted by Crippen LogP contribution is 2.35. The minimum Gasteiger partial charge on any atom is -0.405 e. The molecule has 1 aliphatic rings. The van der Waals surface area contributed by atoms with Crippen LogP contribution in [0, 0.1) is 0 Å². The quantitative estimate of drug-likeness (QED) is 0.826. The predicted molar refractivity (Wildman–Crippen MR) is 75.6 cm³/mol. The molecule has 0 N–H and O–H groups in total. The molecule has 114 valence electrons. The average molecular weight is 306 g/mol. The van der Waals surface area contributed by atoms with Crippen molar-refractivity contribution in [3.8, 4) is 16.9 Å². The third kappa shape index (κ3) is 3.13. The topological polar surface area (TPSA) is 26.3 Å². The van der Waals surface area contributed by atoms with Crippen LogP contribution < -0.4 is 4.74 Å². The molecule has 0 aliphatic heterocycles. The van der Waals surface area contributed by atoms with Crippen LogP contribution in [0.25, 0.3) is 11.1 Å². The third-order valence-corrected chi connectivity index (χ3v) is 3.69. The molecule has 0 atom stereocenters. The minimum atomic E-state index is -4.73. The molecule has 2 aromatic rings. The third-order valence-electron chi connectivity index (χ3n) is 3.69. The van der Waals surface area contributed by atoms with E-state index in [1.54, 1.807) is 18.2 Å². The summed E-state index contributed by atoms with van der Waals surface area (Å²) in [6.45, 7) is 0. The van der Waals surface area contributed by atoms with Crippen molar-refractivity contribution < 1.29 is 22.7 Å². The normalized spacial score (nSPS) is 14.6. The zero-order chi connectivity index (χ0) is 15.7. The highest BCUT2D eigenvalue weighted by molar-refractivity contribution is 5.84. The number of alkyl halides is 3. The highest BCUT2D eigenvalue weighted by atomic mass is 19.4. The number of halogens is 3. The lowest BCUT2D eigenvalue weighted by molar-refractivity contribution is -0.274. The fourth-order valence-electron chi connectivity index (χ4n) is 2.69. The maximum atomic E-state index is 12.5. The van der Waals surface area contributed by atoms with Gasteiger partial charge in [0.1, 0.15) is 11.5 Å². The number of ether oxygens (including phenoxy) is 1. The van der Waals surface area contributed by atoms with E-state index in [0.717, 1.165) is 11.1 Å². The van der Waals surface area contributed by atoms with E-state index in [1.165, 1.54) is 12.1 Å². The molecule has 0 heterocycles. The molecule has 1 aliphatic carbocycles. The maximum Gasteiger partial charge on any atom is 0.573 e. The fraction of sp³-hybridized carbons (Fsp3) is 0.235. The van der Waals surface area contributed by atoms with Gasteiger partial charge in [0.2, 0.25) is 0 Å². The molecule has 0 radical (unpaired) electrons. The van der Waals surface area contributed by atoms with Crippen LogP contribution in [-0.2, 0) is 17.6 Å². The Balaban J connectivity index is 2.00. The predicted octanol–water partition coefficient (Wildman–Crippen LogP) is 4.31. The van der Waals surface area contributed by atoms with Crippen molar-refractivity contribution in [1.29, 1.82) is 0 Å². The second-order valence-electron chi connectivity index (χ2n) is 5.24. The summed E-state index contributed by atoms with van der Waals surface area (Å²) in [5, 5.41) is 0. The molecule has 3 rings (SSSR count). The number of carbonyl (C=O) groups is 1. The zero-order valence-electron chi connectivity index (χ0n) is 11.6. The first-order chi connectivity index (χ1) is 10.4. The Morgan fingerprint density at radius 1 is 0.955 bits per heavy atom. The molecule has 0 bridgehead atoms. The van der Waals surface area contributed by atoms with E-state index in [4.69, 9.17) is 0 Å². The van der Waals surface area contributed by atoms with Crippen molar-refractivity contribution >= 4 is 5.78 Å². The van der Waals surface area contributed by atoms with E-state index in [0.29, 0.717) is 30.4 Å². The molecule has 0 saturated heterocycles. The van der Waals surface area contributed by atoms with Gasteiger partial charge in [0.25, 0.3) is 0 Å². The van der Waals surface area contributed by atoms with Gasteiger partial charge in [-0.2, -0.15) is 0 Å². The number of ketones is 1. The second kappa shape index (κ2) is 5.48. The van der Waals surface area contributed by atoms with E-state index >= 15 is 0 Å². The van der Waals surface area contributed by atoms with Gasteiger partial charge in [0, 0.05) is 18.4 Å². The molecule has 22 heavy (non-hydrogen) atoms. The van der Waals surface area contributed by atoms with Crippen molar-refractivity contribution in [3.05, 3.63) is 53.6 Å². The van der Waals surface area contributed by atoms with Crippen LogP contribution in [0.15, 0.2) is 42.5 Å². The van der Waals surface area contributed by atoms with Crippen molar-refractivity contribution in [1.82, 2.24) is 0 Å². The molecule has 0 unspecified atom stereocenters. The van der Waals surface area contributed by atoms with Crippen molar-refractivity contribution in [2.75, 3.05) is 0 Å². The molecule has 0 saturated carbocycles. The molecule has 0 amide bonds. The average Bonchev–Trinajstić information content (AvgIpc) is 2.46. The van der Waals surface area contributed by atoms with Crippen molar-refractivity contribution in [2.24, 2.45) is 0 Å². The summed E-state index contributed by atoms with van der Waals surface area (Å²) in [7, 11) is 0. The number of fused-ring (bicyclic) bond motifs is 1. The number of carbonyl (C=O) groups excluding carboxylic acids is 1. The van der Waals surface area contributed by atoms with Crippen LogP contribution in [0.3, 0.4) is 0 Å². The van der Waals surface area contributed by atoms with Crippen molar-refractivity contribution in [2.45, 2.75) is 25.6 Å². The number of para-hydroxylation sites is 1. The standard InChI is InChI=1S/C17H13F3O2/c18-17(19,20)22-16-4-2-1-3-15(16)13-6-5-12-10-14(21)8-7-11(12)9-13/h1-6,9H,7-8,10H2. The smallest absolute Gasteiger partial charge is 0.405 e. The van der Waals surface area contributed by atoms with E-state index in [2.05, 4.69) is 4.74 Å². The van der Waals surface area contributed by atoms with E-state index in [-0.39, 0.29) is 11.5 Å². The lowest BCUT2D eigenvalue weighted by Gasteiger charge is -2.17. The van der Waals surface area contributed by atoms with Gasteiger partial charge in [-0.15, -0.1) is 13.2 Å². The largest absolute Gasteiger partial charge is 0.573 e. The highest BCUT2D eigenvalue weighted by Gasteiger charge is 2.32. The van der Waals surface area contributed by atoms with Crippen LogP contribution in [0.2, 0.25) is 0 Å². The van der Waals surface area contributed by atoms with Gasteiger partial charge in [-0.05, 0) is 29.2 Å². The Labute approximate surface area is 125 Å². The summed E-state index contributed by atoms with van der Waals surface area (Å²) in [6.07, 6.45) is -3.21. The number of rotatable bonds is 2. The molecule has 0 spiro atoms. The maximum absolute atomic E-state index is 12.5. The van der Waals surface area contributed by atoms with Crippen LogP contribution in [0.4, 0.5) is 13.2 Å². The van der Waals surface area contributed by atoms with E-state index < -0.39 is 6.36 Å². The monoisotopic (exact) mass is 306 g/mol. The molecule has 5 heteroatoms. The van der Waals surface area contributed by atoms with Gasteiger partial charge < -0.3 is 4.74 Å². The van der Waals surface area contributed by atoms with E-state index in [9.17, 15) is 18.0 Å². The number of benzene rings is 2. The lowest BCUT2D eigenvalue weighted by Crippen LogP contribution is -2.17. The summed E-state index contributed by atoms with van der Waals surface area (Å²) in [6, 6.07) is 11.5. The molecular weight excluding hydrogens is 293 g/mol. The fourth-order valence-corrected chi connectivity index (χ4v) is 2.69. The van der Waals surface area contributed by atoms with Crippen LogP contribution in [-0.4, -0.2) is 12.1 Å². The second-order valence-corrected chi connectivity index (χ2v) is 5.24. The Bertz CT molecular complexity index is 720. The Hall–Kier alpha value is -2.30. The van der Waals surface area contributed by atoms with Gasteiger partial charge in [-0.1, -0.05) is 36.4 Å². The summed E-state index contributed by atoms with van der Waals surface area (Å²) in [4.78, 5) is 11.4. The first-order valence-corrected chi connectivity index (χ1v) is 6.91. The molecule has 0 fully saturated rings. The summed E-state index contributed by atoms with van der Waals surface area (Å²) in [5.41, 5.74) is 3.01. The summed E-state index contributed by atoms with van der Waals surface area (Å²) in [5.74, 6) is -0.0251. The van der Waals surface area contributed by atoms with Gasteiger partial charge >= 0.3 is 6.36 Å². The minimum absolute atomic E-state index is 0.195. The molecule has 0 aromatic heterocycles. The van der Waals surface area contributed by atoms with Gasteiger partial charge in [-0.3, -0.25) is 4.79 Å². The van der Waals surface area contributed by atoms with Crippen LogP contribution in [0.5, 0.6) is 5.75 Å². The molecular formula is C17H13F3O2. The number of hydrogen-bond donors (Lipinski definition) is 0. The SMILES string of the molecule is O=C1CCc2cc(-c3ccccc3OC(F)(F)F)ccc2C1. The van der Waals surface area contributed by atoms with Crippen molar-refractivity contribution in [3.63, 3.8) is 0 Å². The number of Topliss-reactive ketones (excluding diaryl/α,β-unsaturated/α-hetero) is 1. The first kappa shape index (κ1) is 14.6. The van der Waals surface area contributed by atoms with Gasteiger partial charge in [0.05, 0.1) is 0 Å². The zero-order valence-corrected chi connectivity index (χ0v) is 11.6. The Morgan fingerprint density at radius 3 is 2.50 bits per heavy atom. The first-order valence-electron chi connectivity index (χ1n) is 6.91. The van der Waals surface area contributed by atoms with Crippen LogP contribution in [0.1, 0.15) is 17.5 Å². The van der Waals surface area contributed by atoms with Crippen LogP contribution >= 0.6 is 0 Å². The molecule has 2 aromatic carbocycles. The van der Waals surface area contributed by atoms with Gasteiger partial charge in [0.15, 0.2) is 0 Å². The number of hydrogen-bond acceptors (Lipinski definition) is 2. The Morgan fingerprint density at radius 2 is 1.73 bits per heavy atom. The molecule has 2 nitrogen and oxygen atoms in total. The van der Waals surface area contributed by atoms with Gasteiger partial charge in [-0.25, -0.2) is 0 Å².